The number of hydrogen-bond acceptors (Lipinski definition) is 4. The molecule has 0 fully saturated rings. The Bertz CT molecular complexity index is 370. The predicted molar refractivity (Wildman–Crippen MR) is 83.7 cm³/mol. The van der Waals surface area contributed by atoms with Gasteiger partial charge in [-0.15, -0.1) is 11.3 Å². The SMILES string of the molecule is CCC(CCO)NC(CN)c1ccc(C(C)(C)C)s1. The summed E-state index contributed by atoms with van der Waals surface area (Å²) in [4.78, 5) is 2.68. The van der Waals surface area contributed by atoms with Crippen molar-refractivity contribution < 1.29 is 5.11 Å². The average Bonchev–Trinajstić information content (AvgIpc) is 2.83. The van der Waals surface area contributed by atoms with Gasteiger partial charge in [-0.1, -0.05) is 27.7 Å². The monoisotopic (exact) mass is 284 g/mol. The number of aliphatic hydroxyl groups excluding tert-OH is 1. The molecule has 1 aromatic rings. The normalized spacial score (nSPS) is 15.5. The van der Waals surface area contributed by atoms with Crippen LogP contribution in [0.3, 0.4) is 0 Å². The van der Waals surface area contributed by atoms with E-state index in [1.54, 1.807) is 0 Å². The zero-order valence-electron chi connectivity index (χ0n) is 12.6. The van der Waals surface area contributed by atoms with Gasteiger partial charge in [-0.2, -0.15) is 0 Å². The Morgan fingerprint density at radius 1 is 1.37 bits per heavy atom. The molecule has 4 N–H and O–H groups in total. The van der Waals surface area contributed by atoms with Crippen LogP contribution in [0.25, 0.3) is 0 Å². The smallest absolute Gasteiger partial charge is 0.0541 e. The molecule has 0 aliphatic carbocycles. The summed E-state index contributed by atoms with van der Waals surface area (Å²) in [7, 11) is 0. The highest BCUT2D eigenvalue weighted by Gasteiger charge is 2.20. The fraction of sp³-hybridized carbons (Fsp3) is 0.733. The van der Waals surface area contributed by atoms with E-state index in [0.717, 1.165) is 12.8 Å². The van der Waals surface area contributed by atoms with Crippen LogP contribution in [0, 0.1) is 0 Å². The summed E-state index contributed by atoms with van der Waals surface area (Å²) in [5.41, 5.74) is 6.10. The second kappa shape index (κ2) is 7.39. The van der Waals surface area contributed by atoms with Gasteiger partial charge in [-0.05, 0) is 30.4 Å². The van der Waals surface area contributed by atoms with E-state index in [1.165, 1.54) is 9.75 Å². The van der Waals surface area contributed by atoms with Crippen LogP contribution >= 0.6 is 11.3 Å². The van der Waals surface area contributed by atoms with E-state index in [-0.39, 0.29) is 18.1 Å². The Kier molecular flexibility index (Phi) is 6.47. The largest absolute Gasteiger partial charge is 0.396 e. The quantitative estimate of drug-likeness (QED) is 0.721. The zero-order valence-corrected chi connectivity index (χ0v) is 13.4. The first-order chi connectivity index (χ1) is 8.92. The van der Waals surface area contributed by atoms with Crippen molar-refractivity contribution >= 4 is 11.3 Å². The Morgan fingerprint density at radius 2 is 2.05 bits per heavy atom. The van der Waals surface area contributed by atoms with Crippen LogP contribution in [-0.4, -0.2) is 24.3 Å². The lowest BCUT2D eigenvalue weighted by molar-refractivity contribution is 0.256. The van der Waals surface area contributed by atoms with Crippen molar-refractivity contribution in [2.24, 2.45) is 5.73 Å². The minimum absolute atomic E-state index is 0.192. The van der Waals surface area contributed by atoms with Gasteiger partial charge in [0.25, 0.3) is 0 Å². The Morgan fingerprint density at radius 3 is 2.47 bits per heavy atom. The van der Waals surface area contributed by atoms with Crippen LogP contribution in [-0.2, 0) is 5.41 Å². The number of aliphatic hydroxyl groups is 1. The van der Waals surface area contributed by atoms with Crippen molar-refractivity contribution in [2.45, 2.75) is 58.0 Å². The molecule has 19 heavy (non-hydrogen) atoms. The van der Waals surface area contributed by atoms with Crippen molar-refractivity contribution in [2.75, 3.05) is 13.2 Å². The summed E-state index contributed by atoms with van der Waals surface area (Å²) >= 11 is 1.84. The lowest BCUT2D eigenvalue weighted by atomic mass is 9.95. The van der Waals surface area contributed by atoms with Gasteiger partial charge in [0.1, 0.15) is 0 Å². The third-order valence-corrected chi connectivity index (χ3v) is 4.98. The lowest BCUT2D eigenvalue weighted by Gasteiger charge is -2.23. The van der Waals surface area contributed by atoms with Crippen LogP contribution in [0.2, 0.25) is 0 Å². The van der Waals surface area contributed by atoms with Gasteiger partial charge in [0, 0.05) is 28.9 Å². The molecular weight excluding hydrogens is 256 g/mol. The van der Waals surface area contributed by atoms with Gasteiger partial charge < -0.3 is 16.2 Å². The van der Waals surface area contributed by atoms with Crippen LogP contribution < -0.4 is 11.1 Å². The summed E-state index contributed by atoms with van der Waals surface area (Å²) in [5, 5.41) is 12.6. The Balaban J connectivity index is 2.77. The van der Waals surface area contributed by atoms with E-state index in [0.29, 0.717) is 12.6 Å². The highest BCUT2D eigenvalue weighted by molar-refractivity contribution is 7.12. The third kappa shape index (κ3) is 4.88. The topological polar surface area (TPSA) is 58.3 Å². The van der Waals surface area contributed by atoms with E-state index < -0.39 is 0 Å². The minimum Gasteiger partial charge on any atom is -0.396 e. The third-order valence-electron chi connectivity index (χ3n) is 3.35. The molecule has 0 amide bonds. The van der Waals surface area contributed by atoms with Crippen LogP contribution in [0.15, 0.2) is 12.1 Å². The molecule has 0 saturated carbocycles. The molecule has 2 unspecified atom stereocenters. The fourth-order valence-corrected chi connectivity index (χ4v) is 3.19. The average molecular weight is 284 g/mol. The van der Waals surface area contributed by atoms with Gasteiger partial charge in [-0.3, -0.25) is 0 Å². The number of rotatable bonds is 7. The summed E-state index contributed by atoms with van der Waals surface area (Å²) in [6, 6.07) is 4.91. The molecule has 110 valence electrons. The summed E-state index contributed by atoms with van der Waals surface area (Å²) < 4.78 is 0. The standard InChI is InChI=1S/C15H28N2OS/c1-5-11(8-9-18)17-12(10-16)13-6-7-14(19-13)15(2,3)4/h6-7,11-12,17-18H,5,8-10,16H2,1-4H3. The Hall–Kier alpha value is -0.420. The number of nitrogens with two attached hydrogens (primary N) is 1. The van der Waals surface area contributed by atoms with Gasteiger partial charge >= 0.3 is 0 Å². The summed E-state index contributed by atoms with van der Waals surface area (Å²) in [6.07, 6.45) is 1.79. The summed E-state index contributed by atoms with van der Waals surface area (Å²) in [5.74, 6) is 0. The molecule has 0 radical (unpaired) electrons. The molecule has 1 heterocycles. The molecule has 1 aromatic heterocycles. The van der Waals surface area contributed by atoms with Gasteiger partial charge in [0.05, 0.1) is 6.04 Å². The molecule has 0 bridgehead atoms. The maximum Gasteiger partial charge on any atom is 0.0541 e. The predicted octanol–water partition coefficient (Wildman–Crippen LogP) is 2.80. The van der Waals surface area contributed by atoms with Gasteiger partial charge in [0.2, 0.25) is 0 Å². The molecule has 0 aliphatic heterocycles. The first kappa shape index (κ1) is 16.6. The van der Waals surface area contributed by atoms with Crippen molar-refractivity contribution in [3.63, 3.8) is 0 Å². The van der Waals surface area contributed by atoms with E-state index in [9.17, 15) is 0 Å². The van der Waals surface area contributed by atoms with Crippen LogP contribution in [0.5, 0.6) is 0 Å². The van der Waals surface area contributed by atoms with Gasteiger partial charge in [-0.25, -0.2) is 0 Å². The minimum atomic E-state index is 0.192. The maximum absolute atomic E-state index is 9.07. The second-order valence-corrected chi connectivity index (χ2v) is 7.14. The van der Waals surface area contributed by atoms with E-state index in [1.807, 2.05) is 11.3 Å². The van der Waals surface area contributed by atoms with Crippen molar-refractivity contribution in [1.29, 1.82) is 0 Å². The van der Waals surface area contributed by atoms with Crippen molar-refractivity contribution in [3.8, 4) is 0 Å². The molecule has 0 spiro atoms. The molecular formula is C15H28N2OS. The van der Waals surface area contributed by atoms with Crippen LogP contribution in [0.1, 0.15) is 56.3 Å². The molecule has 2 atom stereocenters. The molecule has 3 nitrogen and oxygen atoms in total. The second-order valence-electron chi connectivity index (χ2n) is 6.02. The molecule has 0 aliphatic rings. The number of nitrogens with one attached hydrogen (secondary N) is 1. The van der Waals surface area contributed by atoms with E-state index in [4.69, 9.17) is 10.8 Å². The molecule has 0 aromatic carbocycles. The lowest BCUT2D eigenvalue weighted by Crippen LogP contribution is -2.36. The van der Waals surface area contributed by atoms with Crippen molar-refractivity contribution in [3.05, 3.63) is 21.9 Å². The number of thiophene rings is 1. The first-order valence-electron chi connectivity index (χ1n) is 7.09. The fourth-order valence-electron chi connectivity index (χ4n) is 2.06. The van der Waals surface area contributed by atoms with Crippen LogP contribution in [0.4, 0.5) is 0 Å². The molecule has 4 heteroatoms. The van der Waals surface area contributed by atoms with Crippen molar-refractivity contribution in [1.82, 2.24) is 5.32 Å². The maximum atomic E-state index is 9.07. The highest BCUT2D eigenvalue weighted by Crippen LogP contribution is 2.32. The van der Waals surface area contributed by atoms with Gasteiger partial charge in [0.15, 0.2) is 0 Å². The molecule has 1 rings (SSSR count). The molecule has 0 saturated heterocycles. The zero-order chi connectivity index (χ0) is 14.5. The summed E-state index contributed by atoms with van der Waals surface area (Å²) in [6.45, 7) is 9.64. The first-order valence-corrected chi connectivity index (χ1v) is 7.91. The Labute approximate surface area is 121 Å². The van der Waals surface area contributed by atoms with E-state index in [2.05, 4.69) is 45.1 Å². The highest BCUT2D eigenvalue weighted by atomic mass is 32.1. The van der Waals surface area contributed by atoms with E-state index >= 15 is 0 Å². The number of hydrogen-bond donors (Lipinski definition) is 3.